The highest BCUT2D eigenvalue weighted by Crippen LogP contribution is 2.06. The normalized spacial score (nSPS) is 15.6. The van der Waals surface area contributed by atoms with E-state index in [1.165, 1.54) is 0 Å². The molecule has 2 unspecified atom stereocenters. The Balaban J connectivity index is 3.67. The molecule has 2 nitrogen and oxygen atoms in total. The number of carbonyl (C=O) groups excluding carboxylic acids is 1. The smallest absolute Gasteiger partial charge is 0.230 e. The van der Waals surface area contributed by atoms with Crippen LogP contribution in [0.5, 0.6) is 0 Å². The molecular weight excluding hydrogens is 206 g/mol. The Morgan fingerprint density at radius 1 is 1.55 bits per heavy atom. The molecule has 2 atom stereocenters. The average molecular weight is 222 g/mol. The highest BCUT2D eigenvalue weighted by Gasteiger charge is 2.11. The van der Waals surface area contributed by atoms with E-state index in [1.807, 2.05) is 6.92 Å². The van der Waals surface area contributed by atoms with Gasteiger partial charge in [-0.3, -0.25) is 4.79 Å². The molecule has 0 heterocycles. The molecule has 0 bridgehead atoms. The first-order valence-corrected chi connectivity index (χ1v) is 5.09. The number of nitrogens with one attached hydrogen (secondary N) is 1. The Kier molecular flexibility index (Phi) is 5.56. The molecule has 66 valence electrons. The number of alkyl halides is 1. The van der Waals surface area contributed by atoms with Crippen molar-refractivity contribution in [1.82, 2.24) is 5.32 Å². The molecule has 1 amide bonds. The molecule has 0 aromatic heterocycles. The summed E-state index contributed by atoms with van der Waals surface area (Å²) >= 11 is 3.10. The van der Waals surface area contributed by atoms with E-state index in [0.717, 1.165) is 6.42 Å². The summed E-state index contributed by atoms with van der Waals surface area (Å²) in [6.45, 7) is 6.30. The summed E-state index contributed by atoms with van der Waals surface area (Å²) in [5.74, 6) is 0.621. The van der Waals surface area contributed by atoms with Crippen molar-refractivity contribution in [1.29, 1.82) is 0 Å². The monoisotopic (exact) mass is 221 g/mol. The van der Waals surface area contributed by atoms with Crippen molar-refractivity contribution >= 4 is 21.8 Å². The molecule has 0 aromatic rings. The number of halogens is 1. The van der Waals surface area contributed by atoms with Crippen LogP contribution in [-0.4, -0.2) is 17.3 Å². The van der Waals surface area contributed by atoms with Gasteiger partial charge in [-0.15, -0.1) is 0 Å². The second-order valence-electron chi connectivity index (χ2n) is 2.88. The van der Waals surface area contributed by atoms with Crippen molar-refractivity contribution in [3.8, 4) is 0 Å². The summed E-state index contributed by atoms with van der Waals surface area (Å²) in [5, 5.41) is 3.29. The van der Waals surface area contributed by atoms with E-state index < -0.39 is 0 Å². The van der Waals surface area contributed by atoms with E-state index >= 15 is 0 Å². The van der Waals surface area contributed by atoms with Crippen molar-refractivity contribution in [2.24, 2.45) is 5.92 Å². The lowest BCUT2D eigenvalue weighted by Gasteiger charge is -2.18. The first kappa shape index (κ1) is 11.0. The lowest BCUT2D eigenvalue weighted by Crippen LogP contribution is -2.37. The average Bonchev–Trinajstić information content (AvgIpc) is 2.02. The molecule has 11 heavy (non-hydrogen) atoms. The third-order valence-corrected chi connectivity index (χ3v) is 2.52. The van der Waals surface area contributed by atoms with Gasteiger partial charge in [0.15, 0.2) is 0 Å². The Hall–Kier alpha value is -0.0500. The van der Waals surface area contributed by atoms with Crippen LogP contribution in [-0.2, 0) is 4.79 Å². The zero-order valence-electron chi connectivity index (χ0n) is 7.36. The summed E-state index contributed by atoms with van der Waals surface area (Å²) in [5.41, 5.74) is 0. The number of rotatable bonds is 4. The maximum absolute atomic E-state index is 10.9. The van der Waals surface area contributed by atoms with Gasteiger partial charge in [-0.1, -0.05) is 36.2 Å². The Bertz CT molecular complexity index is 127. The van der Waals surface area contributed by atoms with Gasteiger partial charge >= 0.3 is 0 Å². The molecular formula is C8H16BrNO. The van der Waals surface area contributed by atoms with E-state index in [4.69, 9.17) is 0 Å². The molecule has 0 fully saturated rings. The van der Waals surface area contributed by atoms with Crippen molar-refractivity contribution < 1.29 is 4.79 Å². The second-order valence-corrected chi connectivity index (χ2v) is 3.44. The molecule has 0 aromatic carbocycles. The van der Waals surface area contributed by atoms with Gasteiger partial charge < -0.3 is 5.32 Å². The lowest BCUT2D eigenvalue weighted by molar-refractivity contribution is -0.119. The van der Waals surface area contributed by atoms with Crippen molar-refractivity contribution in [2.45, 2.75) is 33.2 Å². The third kappa shape index (κ3) is 4.40. The molecule has 0 aliphatic heterocycles. The molecule has 3 heteroatoms. The molecule has 0 spiro atoms. The van der Waals surface area contributed by atoms with Gasteiger partial charge in [-0.05, 0) is 12.8 Å². The SMILES string of the molecule is CCC(C)C(C)NC(=O)CBr. The minimum absolute atomic E-state index is 0.0674. The molecule has 1 N–H and O–H groups in total. The lowest BCUT2D eigenvalue weighted by atomic mass is 10.0. The van der Waals surface area contributed by atoms with E-state index in [2.05, 4.69) is 35.1 Å². The number of carbonyl (C=O) groups is 1. The van der Waals surface area contributed by atoms with Gasteiger partial charge in [-0.25, -0.2) is 0 Å². The minimum atomic E-state index is 0.0674. The first-order chi connectivity index (χ1) is 5.11. The maximum atomic E-state index is 10.9. The van der Waals surface area contributed by atoms with Gasteiger partial charge in [0.25, 0.3) is 0 Å². The van der Waals surface area contributed by atoms with Crippen LogP contribution in [0.2, 0.25) is 0 Å². The zero-order chi connectivity index (χ0) is 8.85. The van der Waals surface area contributed by atoms with E-state index in [-0.39, 0.29) is 11.9 Å². The Morgan fingerprint density at radius 3 is 2.45 bits per heavy atom. The summed E-state index contributed by atoms with van der Waals surface area (Å²) < 4.78 is 0. The van der Waals surface area contributed by atoms with Crippen molar-refractivity contribution in [3.63, 3.8) is 0 Å². The van der Waals surface area contributed by atoms with Crippen LogP contribution in [0.25, 0.3) is 0 Å². The number of hydrogen-bond acceptors (Lipinski definition) is 1. The summed E-state index contributed by atoms with van der Waals surface area (Å²) in [4.78, 5) is 10.9. The number of hydrogen-bond donors (Lipinski definition) is 1. The predicted octanol–water partition coefficient (Wildman–Crippen LogP) is 1.93. The van der Waals surface area contributed by atoms with Crippen LogP contribution >= 0.6 is 15.9 Å². The molecule has 0 rings (SSSR count). The molecule has 0 radical (unpaired) electrons. The van der Waals surface area contributed by atoms with E-state index in [0.29, 0.717) is 11.2 Å². The van der Waals surface area contributed by atoms with E-state index in [1.54, 1.807) is 0 Å². The Morgan fingerprint density at radius 2 is 2.09 bits per heavy atom. The zero-order valence-corrected chi connectivity index (χ0v) is 8.94. The van der Waals surface area contributed by atoms with Crippen LogP contribution in [0.4, 0.5) is 0 Å². The Labute approximate surface area is 76.9 Å². The largest absolute Gasteiger partial charge is 0.353 e. The van der Waals surface area contributed by atoms with Crippen molar-refractivity contribution in [2.75, 3.05) is 5.33 Å². The van der Waals surface area contributed by atoms with Crippen LogP contribution < -0.4 is 5.32 Å². The highest BCUT2D eigenvalue weighted by atomic mass is 79.9. The molecule has 0 aliphatic carbocycles. The fraction of sp³-hybridized carbons (Fsp3) is 0.875. The fourth-order valence-corrected chi connectivity index (χ4v) is 0.950. The van der Waals surface area contributed by atoms with Crippen LogP contribution in [0.3, 0.4) is 0 Å². The fourth-order valence-electron chi connectivity index (χ4n) is 0.788. The van der Waals surface area contributed by atoms with Crippen LogP contribution in [0.1, 0.15) is 27.2 Å². The summed E-state index contributed by atoms with van der Waals surface area (Å²) in [7, 11) is 0. The van der Waals surface area contributed by atoms with Gasteiger partial charge in [-0.2, -0.15) is 0 Å². The summed E-state index contributed by atoms with van der Waals surface area (Å²) in [6, 6.07) is 0.282. The quantitative estimate of drug-likeness (QED) is 0.723. The predicted molar refractivity (Wildman–Crippen MR) is 50.9 cm³/mol. The minimum Gasteiger partial charge on any atom is -0.353 e. The van der Waals surface area contributed by atoms with Crippen molar-refractivity contribution in [3.05, 3.63) is 0 Å². The van der Waals surface area contributed by atoms with E-state index in [9.17, 15) is 4.79 Å². The van der Waals surface area contributed by atoms with Gasteiger partial charge in [0.1, 0.15) is 0 Å². The maximum Gasteiger partial charge on any atom is 0.230 e. The van der Waals surface area contributed by atoms with Gasteiger partial charge in [0.2, 0.25) is 5.91 Å². The molecule has 0 aliphatic rings. The molecule has 0 saturated heterocycles. The van der Waals surface area contributed by atoms with Crippen LogP contribution in [0.15, 0.2) is 0 Å². The van der Waals surface area contributed by atoms with Gasteiger partial charge in [0, 0.05) is 6.04 Å². The highest BCUT2D eigenvalue weighted by molar-refractivity contribution is 9.09. The first-order valence-electron chi connectivity index (χ1n) is 3.97. The topological polar surface area (TPSA) is 29.1 Å². The van der Waals surface area contributed by atoms with Gasteiger partial charge in [0.05, 0.1) is 5.33 Å². The number of amides is 1. The third-order valence-electron chi connectivity index (χ3n) is 2.01. The standard InChI is InChI=1S/C8H16BrNO/c1-4-6(2)7(3)10-8(11)5-9/h6-7H,4-5H2,1-3H3,(H,10,11). The molecule has 0 saturated carbocycles. The summed E-state index contributed by atoms with van der Waals surface area (Å²) in [6.07, 6.45) is 1.10. The van der Waals surface area contributed by atoms with Crippen LogP contribution in [0, 0.1) is 5.92 Å². The second kappa shape index (κ2) is 5.58.